The van der Waals surface area contributed by atoms with Crippen LogP contribution in [0.4, 0.5) is 0 Å². The summed E-state index contributed by atoms with van der Waals surface area (Å²) < 4.78 is 10.5. The van der Waals surface area contributed by atoms with Crippen LogP contribution in [-0.2, 0) is 0 Å². The molecule has 0 spiro atoms. The molecule has 118 valence electrons. The fraction of sp³-hybridized carbons (Fsp3) is 0.125. The van der Waals surface area contributed by atoms with Gasteiger partial charge in [0.2, 0.25) is 0 Å². The van der Waals surface area contributed by atoms with Crippen LogP contribution in [0.25, 0.3) is 22.0 Å². The molecule has 23 heavy (non-hydrogen) atoms. The molecule has 0 fully saturated rings. The van der Waals surface area contributed by atoms with Crippen LogP contribution in [0, 0.1) is 0 Å². The Morgan fingerprint density at radius 2 is 2.04 bits per heavy atom. The zero-order valence-electron chi connectivity index (χ0n) is 12.4. The van der Waals surface area contributed by atoms with E-state index in [0.29, 0.717) is 33.3 Å². The van der Waals surface area contributed by atoms with Gasteiger partial charge in [-0.3, -0.25) is 4.79 Å². The smallest absolute Gasteiger partial charge is 0.259 e. The summed E-state index contributed by atoms with van der Waals surface area (Å²) in [5.74, 6) is 1.28. The van der Waals surface area contributed by atoms with Gasteiger partial charge in [-0.1, -0.05) is 11.6 Å². The Hall–Kier alpha value is -2.31. The molecule has 0 unspecified atom stereocenters. The number of aromatic amines is 1. The van der Waals surface area contributed by atoms with Gasteiger partial charge in [0.15, 0.2) is 17.3 Å². The highest BCUT2D eigenvalue weighted by molar-refractivity contribution is 7.08. The Bertz CT molecular complexity index is 932. The van der Waals surface area contributed by atoms with Crippen molar-refractivity contribution in [2.45, 2.75) is 0 Å². The highest BCUT2D eigenvalue weighted by atomic mass is 35.5. The first kappa shape index (κ1) is 15.6. The zero-order chi connectivity index (χ0) is 16.4. The average molecular weight is 349 g/mol. The van der Waals surface area contributed by atoms with Gasteiger partial charge >= 0.3 is 0 Å². The standard InChI is InChI=1S/C16H13ClN2O3S/c1-21-13-6-10-12(7-14(13)22-2)18-15(19-16(10)20)11(17)5-9-3-4-23-8-9/h3-8H,1-2H3,(H,18,19,20)/b11-5-. The molecular weight excluding hydrogens is 336 g/mol. The maximum absolute atomic E-state index is 12.3. The van der Waals surface area contributed by atoms with Gasteiger partial charge in [0, 0.05) is 6.07 Å². The first-order valence-corrected chi connectivity index (χ1v) is 8.00. The molecule has 7 heteroatoms. The lowest BCUT2D eigenvalue weighted by atomic mass is 10.2. The number of rotatable bonds is 4. The lowest BCUT2D eigenvalue weighted by molar-refractivity contribution is 0.355. The number of nitrogens with zero attached hydrogens (tertiary/aromatic N) is 1. The molecule has 5 nitrogen and oxygen atoms in total. The first-order valence-electron chi connectivity index (χ1n) is 6.68. The Kier molecular flexibility index (Phi) is 4.36. The number of H-pyrrole nitrogens is 1. The molecule has 3 rings (SSSR count). The summed E-state index contributed by atoms with van der Waals surface area (Å²) >= 11 is 7.84. The summed E-state index contributed by atoms with van der Waals surface area (Å²) in [6.07, 6.45) is 1.75. The predicted molar refractivity (Wildman–Crippen MR) is 93.5 cm³/mol. The minimum Gasteiger partial charge on any atom is -0.493 e. The van der Waals surface area contributed by atoms with Crippen LogP contribution in [0.15, 0.2) is 33.8 Å². The lowest BCUT2D eigenvalue weighted by Crippen LogP contribution is -2.11. The van der Waals surface area contributed by atoms with Crippen LogP contribution >= 0.6 is 22.9 Å². The molecule has 0 saturated carbocycles. The molecule has 1 aromatic carbocycles. The number of thiophene rings is 1. The van der Waals surface area contributed by atoms with Crippen molar-refractivity contribution >= 4 is 44.9 Å². The Morgan fingerprint density at radius 1 is 1.30 bits per heavy atom. The number of fused-ring (bicyclic) bond motifs is 1. The monoisotopic (exact) mass is 348 g/mol. The van der Waals surface area contributed by atoms with Gasteiger partial charge in [-0.15, -0.1) is 0 Å². The summed E-state index contributed by atoms with van der Waals surface area (Å²) in [6, 6.07) is 5.18. The number of hydrogen-bond acceptors (Lipinski definition) is 5. The Morgan fingerprint density at radius 3 is 2.70 bits per heavy atom. The normalized spacial score (nSPS) is 11.7. The van der Waals surface area contributed by atoms with E-state index >= 15 is 0 Å². The van der Waals surface area contributed by atoms with Crippen LogP contribution in [-0.4, -0.2) is 24.2 Å². The second-order valence-corrected chi connectivity index (χ2v) is 5.88. The van der Waals surface area contributed by atoms with E-state index in [1.165, 1.54) is 14.2 Å². The number of ether oxygens (including phenoxy) is 2. The van der Waals surface area contributed by atoms with Gasteiger partial charge in [0.1, 0.15) is 0 Å². The fourth-order valence-electron chi connectivity index (χ4n) is 2.15. The van der Waals surface area contributed by atoms with Crippen LogP contribution in [0.5, 0.6) is 11.5 Å². The summed E-state index contributed by atoms with van der Waals surface area (Å²) in [7, 11) is 3.04. The van der Waals surface area contributed by atoms with E-state index < -0.39 is 0 Å². The number of methoxy groups -OCH3 is 2. The van der Waals surface area contributed by atoms with E-state index in [-0.39, 0.29) is 5.56 Å². The number of benzene rings is 1. The van der Waals surface area contributed by atoms with Gasteiger partial charge in [0.05, 0.1) is 30.2 Å². The molecule has 0 saturated heterocycles. The fourth-order valence-corrected chi connectivity index (χ4v) is 2.98. The molecule has 2 aromatic heterocycles. The van der Waals surface area contributed by atoms with Crippen molar-refractivity contribution in [3.63, 3.8) is 0 Å². The van der Waals surface area contributed by atoms with Crippen molar-refractivity contribution in [2.75, 3.05) is 14.2 Å². The van der Waals surface area contributed by atoms with Gasteiger partial charge < -0.3 is 14.5 Å². The van der Waals surface area contributed by atoms with E-state index in [1.807, 2.05) is 16.8 Å². The van der Waals surface area contributed by atoms with Crippen LogP contribution in [0.3, 0.4) is 0 Å². The second-order valence-electron chi connectivity index (χ2n) is 4.69. The Labute approximate surface area is 141 Å². The third kappa shape index (κ3) is 3.09. The largest absolute Gasteiger partial charge is 0.493 e. The van der Waals surface area contributed by atoms with E-state index in [1.54, 1.807) is 29.5 Å². The van der Waals surface area contributed by atoms with Crippen molar-refractivity contribution in [3.8, 4) is 11.5 Å². The number of halogens is 1. The Balaban J connectivity index is 2.15. The van der Waals surface area contributed by atoms with Gasteiger partial charge in [-0.05, 0) is 34.5 Å². The number of hydrogen-bond donors (Lipinski definition) is 1. The SMILES string of the molecule is COc1cc2nc(/C(Cl)=C/c3ccsc3)[nH]c(=O)c2cc1OC. The second kappa shape index (κ2) is 6.44. The van der Waals surface area contributed by atoms with E-state index in [4.69, 9.17) is 21.1 Å². The highest BCUT2D eigenvalue weighted by Crippen LogP contribution is 2.30. The molecule has 0 aliphatic heterocycles. The van der Waals surface area contributed by atoms with Crippen molar-refractivity contribution < 1.29 is 9.47 Å². The van der Waals surface area contributed by atoms with E-state index in [9.17, 15) is 4.79 Å². The average Bonchev–Trinajstić information content (AvgIpc) is 3.06. The summed E-state index contributed by atoms with van der Waals surface area (Å²) in [5, 5.41) is 4.67. The maximum Gasteiger partial charge on any atom is 0.259 e. The highest BCUT2D eigenvalue weighted by Gasteiger charge is 2.12. The molecule has 2 heterocycles. The third-order valence-electron chi connectivity index (χ3n) is 3.27. The molecule has 0 atom stereocenters. The van der Waals surface area contributed by atoms with Gasteiger partial charge in [-0.2, -0.15) is 11.3 Å². The molecule has 0 radical (unpaired) electrons. The van der Waals surface area contributed by atoms with Crippen LogP contribution in [0.2, 0.25) is 0 Å². The summed E-state index contributed by atoms with van der Waals surface area (Å²) in [5.41, 5.74) is 1.15. The third-order valence-corrected chi connectivity index (χ3v) is 4.26. The van der Waals surface area contributed by atoms with E-state index in [2.05, 4.69) is 9.97 Å². The molecule has 0 aliphatic carbocycles. The maximum atomic E-state index is 12.3. The van der Waals surface area contributed by atoms with E-state index in [0.717, 1.165) is 5.56 Å². The molecule has 0 bridgehead atoms. The van der Waals surface area contributed by atoms with Crippen LogP contribution in [0.1, 0.15) is 11.4 Å². The molecule has 0 amide bonds. The zero-order valence-corrected chi connectivity index (χ0v) is 14.0. The van der Waals surface area contributed by atoms with Crippen molar-refractivity contribution in [1.29, 1.82) is 0 Å². The van der Waals surface area contributed by atoms with Gasteiger partial charge in [-0.25, -0.2) is 4.98 Å². The molecule has 3 aromatic rings. The lowest BCUT2D eigenvalue weighted by Gasteiger charge is -2.09. The topological polar surface area (TPSA) is 64.2 Å². The minimum atomic E-state index is -0.289. The van der Waals surface area contributed by atoms with Crippen LogP contribution < -0.4 is 15.0 Å². The van der Waals surface area contributed by atoms with Crippen molar-refractivity contribution in [2.24, 2.45) is 0 Å². The van der Waals surface area contributed by atoms with Crippen molar-refractivity contribution in [1.82, 2.24) is 9.97 Å². The quantitative estimate of drug-likeness (QED) is 0.780. The molecular formula is C16H13ClN2O3S. The molecule has 1 N–H and O–H groups in total. The minimum absolute atomic E-state index is 0.289. The van der Waals surface area contributed by atoms with Gasteiger partial charge in [0.25, 0.3) is 5.56 Å². The first-order chi connectivity index (χ1) is 11.1. The summed E-state index contributed by atoms with van der Waals surface area (Å²) in [6.45, 7) is 0. The predicted octanol–water partition coefficient (Wildman–Crippen LogP) is 3.74. The number of nitrogens with one attached hydrogen (secondary N) is 1. The summed E-state index contributed by atoms with van der Waals surface area (Å²) in [4.78, 5) is 19.4. The number of aromatic nitrogens is 2. The van der Waals surface area contributed by atoms with Crippen molar-refractivity contribution in [3.05, 3.63) is 50.7 Å². The molecule has 0 aliphatic rings.